The van der Waals surface area contributed by atoms with Gasteiger partial charge in [0.15, 0.2) is 0 Å². The average Bonchev–Trinajstić information content (AvgIpc) is 3.95. The Hall–Kier alpha value is -2.38. The van der Waals surface area contributed by atoms with Crippen molar-refractivity contribution in [3.05, 3.63) is 56.5 Å². The lowest BCUT2D eigenvalue weighted by molar-refractivity contribution is -0.195. The third kappa shape index (κ3) is 10.3. The summed E-state index contributed by atoms with van der Waals surface area (Å²) in [5.41, 5.74) is 8.74. The number of nitrogens with zero attached hydrogens (tertiary/aromatic N) is 2. The fourth-order valence-corrected chi connectivity index (χ4v) is 14.2. The molecule has 380 valence electrons. The number of rotatable bonds is 13. The van der Waals surface area contributed by atoms with Crippen LogP contribution in [0.3, 0.4) is 0 Å². The molecular formula is C52H78Br2N4O10. The first-order chi connectivity index (χ1) is 32.2. The highest BCUT2D eigenvalue weighted by Gasteiger charge is 2.59. The van der Waals surface area contributed by atoms with Crippen LogP contribution in [-0.2, 0) is 37.1 Å². The Morgan fingerprint density at radius 3 is 1.81 bits per heavy atom. The average molecular weight is 1080 g/mol. The topological polar surface area (TPSA) is 186 Å². The number of benzene rings is 2. The molecule has 0 radical (unpaired) electrons. The van der Waals surface area contributed by atoms with E-state index < -0.39 is 36.3 Å². The van der Waals surface area contributed by atoms with Crippen molar-refractivity contribution in [2.24, 2.45) is 63.9 Å². The summed E-state index contributed by atoms with van der Waals surface area (Å²) in [6.07, 6.45) is 2.77. The molecule has 1 amide bonds. The van der Waals surface area contributed by atoms with E-state index in [0.717, 1.165) is 50.0 Å². The van der Waals surface area contributed by atoms with Gasteiger partial charge in [0.05, 0.1) is 60.5 Å². The van der Waals surface area contributed by atoms with Gasteiger partial charge in [-0.15, -0.1) is 0 Å². The number of ether oxygens (including phenoxy) is 3. The van der Waals surface area contributed by atoms with Crippen LogP contribution >= 0.6 is 31.9 Å². The number of hydrogen-bond donors (Lipinski definition) is 5. The Balaban J connectivity index is 0.000000172. The zero-order chi connectivity index (χ0) is 49.6. The molecule has 9 fully saturated rings. The Bertz CT molecular complexity index is 2080. The minimum absolute atomic E-state index is 0.110. The number of halogens is 2. The number of nitrogens with one attached hydrogen (secondary N) is 1. The number of fused-ring (bicyclic) bond motifs is 5. The van der Waals surface area contributed by atoms with E-state index in [2.05, 4.69) is 78.7 Å². The largest absolute Gasteiger partial charge is 0.492 e. The summed E-state index contributed by atoms with van der Waals surface area (Å²) in [4.78, 5) is 37.7. The SMILES string of the molecule is CCOc1c(Br)cccc1CN1O[C@@H](CO)[C@@H]([C@H](C)O)[C@H]1C(=O)N[C@H]1C[C@H]2C[C@@H]([C@@H]1C)C2(C)C.CCOc1c(Br)cccc1CN1O[C@@H](CO)[C@H]2[C@H](C)OC(=O)[C@H]21.C[C@@H]1[C@@H](N)C[C@H]2C[C@@H]1C2(C)C. The van der Waals surface area contributed by atoms with Gasteiger partial charge in [0.1, 0.15) is 41.9 Å². The van der Waals surface area contributed by atoms with Crippen LogP contribution in [0.15, 0.2) is 45.3 Å². The second-order valence-corrected chi connectivity index (χ2v) is 23.5. The van der Waals surface area contributed by atoms with Crippen LogP contribution in [0.4, 0.5) is 0 Å². The number of hydrogen-bond acceptors (Lipinski definition) is 13. The van der Waals surface area contributed by atoms with Gasteiger partial charge in [-0.2, -0.15) is 10.1 Å². The molecule has 3 saturated heterocycles. The van der Waals surface area contributed by atoms with Gasteiger partial charge in [-0.25, -0.2) is 0 Å². The fourth-order valence-electron chi connectivity index (χ4n) is 13.1. The maximum Gasteiger partial charge on any atom is 0.326 e. The number of hydroxylamine groups is 4. The van der Waals surface area contributed by atoms with Crippen molar-refractivity contribution in [1.82, 2.24) is 15.4 Å². The molecule has 3 aliphatic heterocycles. The summed E-state index contributed by atoms with van der Waals surface area (Å²) in [7, 11) is 0. The van der Waals surface area contributed by atoms with Gasteiger partial charge >= 0.3 is 5.97 Å². The molecule has 0 aromatic heterocycles. The molecule has 4 bridgehead atoms. The number of aliphatic hydroxyl groups is 3. The van der Waals surface area contributed by atoms with Crippen LogP contribution < -0.4 is 20.5 Å². The summed E-state index contributed by atoms with van der Waals surface area (Å²) in [6, 6.07) is 10.9. The van der Waals surface area contributed by atoms with E-state index in [9.17, 15) is 24.9 Å². The number of carbonyl (C=O) groups excluding carboxylic acids is 2. The summed E-state index contributed by atoms with van der Waals surface area (Å²) in [6.45, 7) is 22.7. The second-order valence-electron chi connectivity index (χ2n) is 21.7. The lowest BCUT2D eigenvalue weighted by Gasteiger charge is -2.62. The summed E-state index contributed by atoms with van der Waals surface area (Å²) < 4.78 is 18.5. The van der Waals surface area contributed by atoms with E-state index in [0.29, 0.717) is 66.7 Å². The summed E-state index contributed by atoms with van der Waals surface area (Å²) >= 11 is 7.03. The molecule has 0 spiro atoms. The van der Waals surface area contributed by atoms with Crippen molar-refractivity contribution in [2.75, 3.05) is 26.4 Å². The Morgan fingerprint density at radius 2 is 1.34 bits per heavy atom. The molecule has 3 heterocycles. The van der Waals surface area contributed by atoms with Gasteiger partial charge < -0.3 is 40.6 Å². The zero-order valence-corrected chi connectivity index (χ0v) is 44.9. The van der Waals surface area contributed by atoms with Crippen LogP contribution in [-0.4, -0.2) is 112 Å². The van der Waals surface area contributed by atoms with E-state index in [4.69, 9.17) is 29.6 Å². The van der Waals surface area contributed by atoms with Crippen LogP contribution in [0.1, 0.15) is 106 Å². The van der Waals surface area contributed by atoms with Crippen molar-refractivity contribution in [1.29, 1.82) is 0 Å². The van der Waals surface area contributed by atoms with E-state index in [1.54, 1.807) is 17.1 Å². The summed E-state index contributed by atoms with van der Waals surface area (Å²) in [5.74, 6) is 4.53. The highest BCUT2D eigenvalue weighted by atomic mass is 79.9. The monoisotopic (exact) mass is 1080 g/mol. The maximum atomic E-state index is 13.7. The molecule has 16 atom stereocenters. The van der Waals surface area contributed by atoms with Gasteiger partial charge in [0, 0.05) is 29.1 Å². The van der Waals surface area contributed by atoms with Crippen LogP contribution in [0.25, 0.3) is 0 Å². The van der Waals surface area contributed by atoms with Gasteiger partial charge in [0.25, 0.3) is 0 Å². The smallest absolute Gasteiger partial charge is 0.326 e. The molecule has 11 rings (SSSR count). The predicted molar refractivity (Wildman–Crippen MR) is 266 cm³/mol. The van der Waals surface area contributed by atoms with Crippen molar-refractivity contribution in [3.8, 4) is 11.5 Å². The lowest BCUT2D eigenvalue weighted by atomic mass is 9.45. The number of para-hydroxylation sites is 2. The van der Waals surface area contributed by atoms with Crippen molar-refractivity contribution < 1.29 is 48.8 Å². The van der Waals surface area contributed by atoms with Gasteiger partial charge in [0.2, 0.25) is 5.91 Å². The number of amides is 1. The second kappa shape index (κ2) is 21.8. The first-order valence-electron chi connectivity index (χ1n) is 25.0. The number of carbonyl (C=O) groups is 2. The van der Waals surface area contributed by atoms with Crippen LogP contribution in [0.2, 0.25) is 0 Å². The minimum Gasteiger partial charge on any atom is -0.492 e. The maximum absolute atomic E-state index is 13.7. The highest BCUT2D eigenvalue weighted by Crippen LogP contribution is 2.62. The number of cyclic esters (lactones) is 1. The fraction of sp³-hybridized carbons (Fsp3) is 0.731. The molecule has 9 aliphatic rings. The number of esters is 1. The van der Waals surface area contributed by atoms with E-state index in [-0.39, 0.29) is 43.2 Å². The highest BCUT2D eigenvalue weighted by molar-refractivity contribution is 9.11. The Kier molecular flexibility index (Phi) is 17.1. The van der Waals surface area contributed by atoms with Crippen LogP contribution in [0.5, 0.6) is 11.5 Å². The standard InChI is InChI=1S/C26H39BrN2O5.C16H20BrNO5.C10H19N/c1-6-33-24-16(8-7-9-19(24)27)12-29-23(22(15(3)31)21(13-30)34-29)25(32)28-20-11-17-10-18(14(20)2)26(17,4)5;1-3-21-15-10(5-4-6-11(15)17)7-18-14-13(12(8-19)23-18)9(2)22-16(14)20;1-6-8-4-7(5-9(6)11)10(8,2)3/h7-9,14-15,17-18,20-23,30-31H,6,10-13H2,1-5H3,(H,28,32);4-6,9,12-14,19H,3,7-8H2,1-2H3;6-9H,4-5,11H2,1-3H3/t14-,15-,17+,18-,20-,21-,22+,23-;9-,12-,13+,14-;6-,7+,8-,9-/m000/s1. The molecule has 16 heteroatoms. The van der Waals surface area contributed by atoms with Crippen molar-refractivity contribution in [3.63, 3.8) is 0 Å². The molecule has 0 unspecified atom stereocenters. The normalized spacial score (nSPS) is 36.6. The molecule has 68 heavy (non-hydrogen) atoms. The first kappa shape index (κ1) is 53.4. The Morgan fingerprint density at radius 1 is 0.824 bits per heavy atom. The first-order valence-corrected chi connectivity index (χ1v) is 26.6. The summed E-state index contributed by atoms with van der Waals surface area (Å²) in [5, 5.41) is 36.7. The van der Waals surface area contributed by atoms with Crippen molar-refractivity contribution in [2.45, 2.75) is 157 Å². The third-order valence-corrected chi connectivity index (χ3v) is 18.7. The molecule has 2 aromatic carbocycles. The molecule has 6 aliphatic carbocycles. The Labute approximate surface area is 420 Å². The lowest BCUT2D eigenvalue weighted by Crippen LogP contribution is -2.62. The number of aliphatic hydroxyl groups excluding tert-OH is 3. The molecule has 14 nitrogen and oxygen atoms in total. The van der Waals surface area contributed by atoms with E-state index >= 15 is 0 Å². The van der Waals surface area contributed by atoms with Crippen LogP contribution in [0, 0.1) is 58.2 Å². The predicted octanol–water partition coefficient (Wildman–Crippen LogP) is 7.41. The van der Waals surface area contributed by atoms with Gasteiger partial charge in [-0.1, -0.05) is 65.8 Å². The van der Waals surface area contributed by atoms with E-state index in [1.807, 2.05) is 57.2 Å². The molecule has 2 aromatic rings. The number of nitrogens with two attached hydrogens (primary N) is 1. The molecule has 6 N–H and O–H groups in total. The van der Waals surface area contributed by atoms with Crippen molar-refractivity contribution >= 4 is 43.7 Å². The third-order valence-electron chi connectivity index (χ3n) is 17.4. The molecule has 6 saturated carbocycles. The van der Waals surface area contributed by atoms with Gasteiger partial charge in [-0.05, 0) is 144 Å². The minimum atomic E-state index is -0.817. The quantitative estimate of drug-likeness (QED) is 0.125. The molecular weight excluding hydrogens is 1000 g/mol. The van der Waals surface area contributed by atoms with E-state index in [1.165, 1.54) is 19.3 Å². The van der Waals surface area contributed by atoms with Gasteiger partial charge in [-0.3, -0.25) is 19.3 Å². The zero-order valence-electron chi connectivity index (χ0n) is 41.7.